The standard InChI is InChI=1S/C16H22ClN3O3/c1-10(18)15(22)19-11(2)16(23)20-13(14(21)9-17)8-12-6-4-3-5-7-12/h3-7,10-11,13H,8-9,18H2,1-2H3,(H,19,22)(H,20,23)/t10-,11-,13-/m0/s1. The lowest BCUT2D eigenvalue weighted by Crippen LogP contribution is -2.53. The molecule has 4 N–H and O–H groups in total. The van der Waals surface area contributed by atoms with Gasteiger partial charge in [0.05, 0.1) is 18.0 Å². The van der Waals surface area contributed by atoms with Crippen LogP contribution in [0.1, 0.15) is 19.4 Å². The highest BCUT2D eigenvalue weighted by molar-refractivity contribution is 6.28. The van der Waals surface area contributed by atoms with Crippen LogP contribution in [0.3, 0.4) is 0 Å². The first kappa shape index (κ1) is 19.1. The summed E-state index contributed by atoms with van der Waals surface area (Å²) in [5.74, 6) is -1.37. The molecular formula is C16H22ClN3O3. The molecule has 0 bridgehead atoms. The molecule has 0 fully saturated rings. The van der Waals surface area contributed by atoms with Crippen molar-refractivity contribution in [2.75, 3.05) is 5.88 Å². The van der Waals surface area contributed by atoms with Crippen molar-refractivity contribution in [3.05, 3.63) is 35.9 Å². The highest BCUT2D eigenvalue weighted by atomic mass is 35.5. The number of carbonyl (C=O) groups is 3. The molecule has 0 aromatic heterocycles. The summed E-state index contributed by atoms with van der Waals surface area (Å²) in [6.07, 6.45) is 0.339. The van der Waals surface area contributed by atoms with Gasteiger partial charge < -0.3 is 16.4 Å². The molecule has 7 heteroatoms. The maximum atomic E-state index is 12.2. The zero-order valence-corrected chi connectivity index (χ0v) is 14.0. The van der Waals surface area contributed by atoms with E-state index in [2.05, 4.69) is 10.6 Å². The number of amides is 2. The van der Waals surface area contributed by atoms with Crippen molar-refractivity contribution >= 4 is 29.2 Å². The lowest BCUT2D eigenvalue weighted by atomic mass is 10.0. The summed E-state index contributed by atoms with van der Waals surface area (Å²) in [7, 11) is 0. The molecule has 1 aromatic carbocycles. The molecule has 0 radical (unpaired) electrons. The van der Waals surface area contributed by atoms with E-state index in [1.807, 2.05) is 30.3 Å². The van der Waals surface area contributed by atoms with Crippen LogP contribution in [0.25, 0.3) is 0 Å². The molecule has 23 heavy (non-hydrogen) atoms. The van der Waals surface area contributed by atoms with Crippen molar-refractivity contribution in [1.82, 2.24) is 10.6 Å². The van der Waals surface area contributed by atoms with E-state index in [1.54, 1.807) is 0 Å². The molecule has 0 aliphatic heterocycles. The summed E-state index contributed by atoms with van der Waals surface area (Å²) in [5, 5.41) is 5.12. The quantitative estimate of drug-likeness (QED) is 0.596. The molecule has 0 aliphatic rings. The van der Waals surface area contributed by atoms with E-state index in [0.717, 1.165) is 5.56 Å². The second-order valence-corrected chi connectivity index (χ2v) is 5.64. The third-order valence-corrected chi connectivity index (χ3v) is 3.55. The van der Waals surface area contributed by atoms with Gasteiger partial charge in [-0.3, -0.25) is 14.4 Å². The second-order valence-electron chi connectivity index (χ2n) is 5.37. The van der Waals surface area contributed by atoms with Crippen LogP contribution in [0.2, 0.25) is 0 Å². The van der Waals surface area contributed by atoms with Crippen LogP contribution in [-0.4, -0.2) is 41.6 Å². The van der Waals surface area contributed by atoms with Gasteiger partial charge in [0.2, 0.25) is 11.8 Å². The molecule has 126 valence electrons. The molecule has 6 nitrogen and oxygen atoms in total. The maximum absolute atomic E-state index is 12.2. The number of halogens is 1. The van der Waals surface area contributed by atoms with Crippen molar-refractivity contribution in [2.24, 2.45) is 5.73 Å². The van der Waals surface area contributed by atoms with E-state index in [-0.39, 0.29) is 11.7 Å². The van der Waals surface area contributed by atoms with Gasteiger partial charge in [0.1, 0.15) is 6.04 Å². The minimum atomic E-state index is -0.796. The Hall–Kier alpha value is -1.92. The number of ketones is 1. The van der Waals surface area contributed by atoms with E-state index in [0.29, 0.717) is 6.42 Å². The van der Waals surface area contributed by atoms with Crippen molar-refractivity contribution in [1.29, 1.82) is 0 Å². The normalized spacial score (nSPS) is 14.4. The largest absolute Gasteiger partial charge is 0.344 e. The fourth-order valence-corrected chi connectivity index (χ4v) is 2.08. The maximum Gasteiger partial charge on any atom is 0.242 e. The number of alkyl halides is 1. The predicted molar refractivity (Wildman–Crippen MR) is 89.1 cm³/mol. The number of carbonyl (C=O) groups excluding carboxylic acids is 3. The summed E-state index contributed by atoms with van der Waals surface area (Å²) < 4.78 is 0. The van der Waals surface area contributed by atoms with E-state index >= 15 is 0 Å². The van der Waals surface area contributed by atoms with Crippen LogP contribution in [0.4, 0.5) is 0 Å². The number of hydrogen-bond acceptors (Lipinski definition) is 4. The third kappa shape index (κ3) is 6.38. The van der Waals surface area contributed by atoms with Gasteiger partial charge in [-0.05, 0) is 25.8 Å². The summed E-state index contributed by atoms with van der Waals surface area (Å²) >= 11 is 5.61. The van der Waals surface area contributed by atoms with Crippen molar-refractivity contribution in [3.63, 3.8) is 0 Å². The molecule has 0 heterocycles. The Morgan fingerprint density at radius 2 is 1.70 bits per heavy atom. The highest BCUT2D eigenvalue weighted by Crippen LogP contribution is 2.05. The summed E-state index contributed by atoms with van der Waals surface area (Å²) in [6, 6.07) is 7.05. The van der Waals surface area contributed by atoms with Crippen molar-refractivity contribution < 1.29 is 14.4 Å². The highest BCUT2D eigenvalue weighted by Gasteiger charge is 2.24. The Bertz CT molecular complexity index is 549. The van der Waals surface area contributed by atoms with E-state index in [1.165, 1.54) is 13.8 Å². The Labute approximate surface area is 140 Å². The van der Waals surface area contributed by atoms with Crippen LogP contribution in [0, 0.1) is 0 Å². The number of nitrogens with two attached hydrogens (primary N) is 1. The number of rotatable bonds is 8. The lowest BCUT2D eigenvalue weighted by molar-refractivity contribution is -0.131. The first-order valence-corrected chi connectivity index (χ1v) is 7.87. The van der Waals surface area contributed by atoms with E-state index in [4.69, 9.17) is 17.3 Å². The Kier molecular flexibility index (Phi) is 7.71. The first-order valence-electron chi connectivity index (χ1n) is 7.34. The second kappa shape index (κ2) is 9.27. The fourth-order valence-electron chi connectivity index (χ4n) is 1.90. The molecule has 0 saturated heterocycles. The van der Waals surface area contributed by atoms with Crippen molar-refractivity contribution in [2.45, 2.75) is 38.4 Å². The van der Waals surface area contributed by atoms with E-state index < -0.39 is 29.9 Å². The van der Waals surface area contributed by atoms with Crippen LogP contribution >= 0.6 is 11.6 Å². The fraction of sp³-hybridized carbons (Fsp3) is 0.438. The SMILES string of the molecule is C[C@H](N)C(=O)N[C@@H](C)C(=O)N[C@@H](Cc1ccccc1)C(=O)CCl. The van der Waals surface area contributed by atoms with Crippen LogP contribution in [-0.2, 0) is 20.8 Å². The van der Waals surface area contributed by atoms with Gasteiger partial charge in [-0.25, -0.2) is 0 Å². The molecule has 0 unspecified atom stereocenters. The molecule has 0 spiro atoms. The number of hydrogen-bond donors (Lipinski definition) is 3. The average molecular weight is 340 g/mol. The van der Waals surface area contributed by atoms with Gasteiger partial charge in [-0.15, -0.1) is 11.6 Å². The molecule has 1 aromatic rings. The van der Waals surface area contributed by atoms with Gasteiger partial charge in [-0.2, -0.15) is 0 Å². The van der Waals surface area contributed by atoms with Crippen molar-refractivity contribution in [3.8, 4) is 0 Å². The number of nitrogens with one attached hydrogen (secondary N) is 2. The first-order chi connectivity index (χ1) is 10.8. The zero-order valence-electron chi connectivity index (χ0n) is 13.2. The van der Waals surface area contributed by atoms with Gasteiger partial charge in [0.15, 0.2) is 5.78 Å². The molecule has 0 aliphatic carbocycles. The molecule has 2 amide bonds. The summed E-state index contributed by atoms with van der Waals surface area (Å²) in [6.45, 7) is 3.05. The minimum Gasteiger partial charge on any atom is -0.344 e. The van der Waals surface area contributed by atoms with Crippen LogP contribution in [0.15, 0.2) is 30.3 Å². The monoisotopic (exact) mass is 339 g/mol. The predicted octanol–water partition coefficient (Wildman–Crippen LogP) is 0.374. The van der Waals surface area contributed by atoms with Gasteiger partial charge in [0, 0.05) is 0 Å². The molecular weight excluding hydrogens is 318 g/mol. The van der Waals surface area contributed by atoms with Crippen LogP contribution < -0.4 is 16.4 Å². The lowest BCUT2D eigenvalue weighted by Gasteiger charge is -2.21. The number of benzene rings is 1. The molecule has 0 saturated carbocycles. The smallest absolute Gasteiger partial charge is 0.242 e. The minimum absolute atomic E-state index is 0.196. The Morgan fingerprint density at radius 1 is 1.09 bits per heavy atom. The van der Waals surface area contributed by atoms with Gasteiger partial charge in [-0.1, -0.05) is 30.3 Å². The molecule has 1 rings (SSSR count). The van der Waals surface area contributed by atoms with E-state index in [9.17, 15) is 14.4 Å². The number of Topliss-reactive ketones (excluding diaryl/α,β-unsaturated/α-hetero) is 1. The summed E-state index contributed by atoms with van der Waals surface area (Å²) in [4.78, 5) is 35.6. The Morgan fingerprint density at radius 3 is 2.22 bits per heavy atom. The zero-order chi connectivity index (χ0) is 17.4. The topological polar surface area (TPSA) is 101 Å². The van der Waals surface area contributed by atoms with Gasteiger partial charge in [0.25, 0.3) is 0 Å². The third-order valence-electron chi connectivity index (χ3n) is 3.29. The summed E-state index contributed by atoms with van der Waals surface area (Å²) in [5.41, 5.74) is 6.35. The Balaban J connectivity index is 2.71. The van der Waals surface area contributed by atoms with Crippen LogP contribution in [0.5, 0.6) is 0 Å². The molecule has 3 atom stereocenters. The average Bonchev–Trinajstić information content (AvgIpc) is 2.54. The van der Waals surface area contributed by atoms with Gasteiger partial charge >= 0.3 is 0 Å².